The fraction of sp³-hybridized carbons (Fsp3) is 0.429. The van der Waals surface area contributed by atoms with Gasteiger partial charge in [0, 0.05) is 36.5 Å². The molecule has 36 heavy (non-hydrogen) atoms. The highest BCUT2D eigenvalue weighted by Crippen LogP contribution is 2.26. The largest absolute Gasteiger partial charge is 0.461 e. The maximum Gasteiger partial charge on any atom is 0.359 e. The number of rotatable bonds is 7. The molecule has 2 aromatic heterocycles. The lowest BCUT2D eigenvalue weighted by molar-refractivity contribution is 0.0513. The number of carbonyl (C=O) groups is 2. The summed E-state index contributed by atoms with van der Waals surface area (Å²) in [6.07, 6.45) is 6.20. The molecule has 1 aliphatic heterocycles. The number of aromatic nitrogens is 3. The molecule has 8 nitrogen and oxygen atoms in total. The number of fused-ring (bicyclic) bond motifs is 2. The third-order valence-corrected chi connectivity index (χ3v) is 7.14. The van der Waals surface area contributed by atoms with Gasteiger partial charge in [-0.3, -0.25) is 14.3 Å². The van der Waals surface area contributed by atoms with E-state index in [2.05, 4.69) is 22.2 Å². The van der Waals surface area contributed by atoms with Crippen LogP contribution in [0.25, 0.3) is 0 Å². The fourth-order valence-electron chi connectivity index (χ4n) is 5.29. The molecule has 188 valence electrons. The summed E-state index contributed by atoms with van der Waals surface area (Å²) < 4.78 is 7.17. The van der Waals surface area contributed by atoms with Crippen LogP contribution in [0.15, 0.2) is 41.2 Å². The van der Waals surface area contributed by atoms with E-state index >= 15 is 0 Å². The van der Waals surface area contributed by atoms with E-state index < -0.39 is 5.97 Å². The highest BCUT2D eigenvalue weighted by molar-refractivity contribution is 5.95. The molecule has 0 bridgehead atoms. The third kappa shape index (κ3) is 4.85. The van der Waals surface area contributed by atoms with Crippen molar-refractivity contribution in [1.82, 2.24) is 19.7 Å². The second kappa shape index (κ2) is 10.5. The maximum absolute atomic E-state index is 13.4. The zero-order valence-corrected chi connectivity index (χ0v) is 20.7. The Kier molecular flexibility index (Phi) is 7.02. The number of benzene rings is 1. The van der Waals surface area contributed by atoms with Crippen molar-refractivity contribution in [3.05, 3.63) is 86.1 Å². The average molecular weight is 489 g/mol. The monoisotopic (exact) mass is 488 g/mol. The second-order valence-electron chi connectivity index (χ2n) is 9.51. The maximum atomic E-state index is 13.4. The number of esters is 1. The van der Waals surface area contributed by atoms with Gasteiger partial charge in [-0.1, -0.05) is 30.3 Å². The minimum atomic E-state index is -0.475. The molecule has 0 spiro atoms. The van der Waals surface area contributed by atoms with Crippen molar-refractivity contribution in [2.24, 2.45) is 0 Å². The Labute approximate surface area is 210 Å². The number of pyridine rings is 1. The summed E-state index contributed by atoms with van der Waals surface area (Å²) in [6, 6.07) is 12.0. The number of hydrogen-bond acceptors (Lipinski definition) is 5. The predicted molar refractivity (Wildman–Crippen MR) is 135 cm³/mol. The number of carbonyl (C=O) groups excluding carboxylic acids is 2. The SMILES string of the molecule is CCOC(=O)c1nn(CCCc2ccccc2)c2c1CN(C(=O)c1cc3c([nH]c1=O)CCCC3)CC2. The van der Waals surface area contributed by atoms with E-state index in [1.165, 1.54) is 5.56 Å². The van der Waals surface area contributed by atoms with Gasteiger partial charge in [0.25, 0.3) is 11.5 Å². The number of ether oxygens (including phenoxy) is 1. The van der Waals surface area contributed by atoms with E-state index in [1.807, 2.05) is 22.9 Å². The lowest BCUT2D eigenvalue weighted by atomic mass is 9.94. The number of aryl methyl sites for hydroxylation is 4. The topological polar surface area (TPSA) is 97.3 Å². The molecule has 3 heterocycles. The van der Waals surface area contributed by atoms with Gasteiger partial charge in [-0.25, -0.2) is 4.79 Å². The van der Waals surface area contributed by atoms with Crippen LogP contribution in [-0.4, -0.2) is 44.7 Å². The minimum absolute atomic E-state index is 0.173. The third-order valence-electron chi connectivity index (χ3n) is 7.14. The Bertz CT molecular complexity index is 1330. The fourth-order valence-corrected chi connectivity index (χ4v) is 5.29. The van der Waals surface area contributed by atoms with Gasteiger partial charge in [-0.2, -0.15) is 5.10 Å². The van der Waals surface area contributed by atoms with Crippen LogP contribution < -0.4 is 5.56 Å². The van der Waals surface area contributed by atoms with Crippen LogP contribution in [0.2, 0.25) is 0 Å². The lowest BCUT2D eigenvalue weighted by Crippen LogP contribution is -2.39. The van der Waals surface area contributed by atoms with E-state index in [1.54, 1.807) is 17.9 Å². The zero-order valence-electron chi connectivity index (χ0n) is 20.7. The Morgan fingerprint density at radius 2 is 1.92 bits per heavy atom. The van der Waals surface area contributed by atoms with Crippen molar-refractivity contribution < 1.29 is 14.3 Å². The summed E-state index contributed by atoms with van der Waals surface area (Å²) in [7, 11) is 0. The first-order valence-electron chi connectivity index (χ1n) is 12.9. The molecule has 3 aromatic rings. The number of nitrogens with zero attached hydrogens (tertiary/aromatic N) is 3. The predicted octanol–water partition coefficient (Wildman–Crippen LogP) is 3.46. The molecule has 1 aliphatic carbocycles. The molecule has 1 N–H and O–H groups in total. The van der Waals surface area contributed by atoms with Crippen molar-refractivity contribution in [1.29, 1.82) is 0 Å². The molecule has 0 radical (unpaired) electrons. The van der Waals surface area contributed by atoms with Gasteiger partial charge in [0.15, 0.2) is 5.69 Å². The second-order valence-corrected chi connectivity index (χ2v) is 9.51. The highest BCUT2D eigenvalue weighted by atomic mass is 16.5. The van der Waals surface area contributed by atoms with Crippen molar-refractivity contribution >= 4 is 11.9 Å². The van der Waals surface area contributed by atoms with E-state index in [4.69, 9.17) is 4.74 Å². The summed E-state index contributed by atoms with van der Waals surface area (Å²) in [5.41, 5.74) is 5.06. The van der Waals surface area contributed by atoms with E-state index in [0.29, 0.717) is 19.5 Å². The van der Waals surface area contributed by atoms with Gasteiger partial charge >= 0.3 is 5.97 Å². The molecular formula is C28H32N4O4. The summed E-state index contributed by atoms with van der Waals surface area (Å²) in [4.78, 5) is 43.5. The lowest BCUT2D eigenvalue weighted by Gasteiger charge is -2.28. The number of aromatic amines is 1. The van der Waals surface area contributed by atoms with Crippen LogP contribution in [0.4, 0.5) is 0 Å². The van der Waals surface area contributed by atoms with E-state index in [-0.39, 0.29) is 35.9 Å². The van der Waals surface area contributed by atoms with Crippen LogP contribution in [-0.2, 0) is 43.5 Å². The van der Waals surface area contributed by atoms with E-state index in [0.717, 1.165) is 61.0 Å². The van der Waals surface area contributed by atoms with Crippen LogP contribution >= 0.6 is 0 Å². The molecule has 0 fully saturated rings. The van der Waals surface area contributed by atoms with Crippen LogP contribution in [0.5, 0.6) is 0 Å². The first-order chi connectivity index (χ1) is 17.5. The standard InChI is InChI=1S/C28H32N4O4/c1-2-36-28(35)25-22-18-31(27(34)21-17-20-12-6-7-13-23(20)29-26(21)33)16-14-24(22)32(30-25)15-8-11-19-9-4-3-5-10-19/h3-5,9-10,17H,2,6-8,11-16,18H2,1H3,(H,29,33). The number of hydrogen-bond donors (Lipinski definition) is 1. The van der Waals surface area contributed by atoms with Gasteiger partial charge in [-0.05, 0) is 62.6 Å². The van der Waals surface area contributed by atoms with Crippen LogP contribution in [0, 0.1) is 0 Å². The van der Waals surface area contributed by atoms with Gasteiger partial charge < -0.3 is 14.6 Å². The first kappa shape index (κ1) is 24.0. The van der Waals surface area contributed by atoms with Crippen LogP contribution in [0.1, 0.15) is 75.1 Å². The van der Waals surface area contributed by atoms with Gasteiger partial charge in [-0.15, -0.1) is 0 Å². The quantitative estimate of drug-likeness (QED) is 0.514. The van der Waals surface area contributed by atoms with Crippen molar-refractivity contribution in [3.63, 3.8) is 0 Å². The van der Waals surface area contributed by atoms with Crippen molar-refractivity contribution in [2.75, 3.05) is 13.2 Å². The molecule has 1 aromatic carbocycles. The molecule has 8 heteroatoms. The van der Waals surface area contributed by atoms with Crippen molar-refractivity contribution in [2.45, 2.75) is 65.0 Å². The molecule has 1 amide bonds. The van der Waals surface area contributed by atoms with E-state index in [9.17, 15) is 14.4 Å². The van der Waals surface area contributed by atoms with Crippen LogP contribution in [0.3, 0.4) is 0 Å². The number of H-pyrrole nitrogens is 1. The number of nitrogens with one attached hydrogen (secondary N) is 1. The zero-order chi connectivity index (χ0) is 25.1. The average Bonchev–Trinajstić information content (AvgIpc) is 3.26. The van der Waals surface area contributed by atoms with Gasteiger partial charge in [0.1, 0.15) is 5.56 Å². The number of amides is 1. The van der Waals surface area contributed by atoms with Crippen molar-refractivity contribution in [3.8, 4) is 0 Å². The Balaban J connectivity index is 1.38. The normalized spacial score (nSPS) is 14.8. The molecule has 0 atom stereocenters. The molecule has 0 saturated heterocycles. The van der Waals surface area contributed by atoms with Gasteiger partial charge in [0.2, 0.25) is 0 Å². The molecule has 0 unspecified atom stereocenters. The summed E-state index contributed by atoms with van der Waals surface area (Å²) >= 11 is 0. The Morgan fingerprint density at radius 1 is 1.11 bits per heavy atom. The first-order valence-corrected chi connectivity index (χ1v) is 12.9. The summed E-state index contributed by atoms with van der Waals surface area (Å²) in [5.74, 6) is -0.779. The molecule has 2 aliphatic rings. The Hall–Kier alpha value is -3.68. The minimum Gasteiger partial charge on any atom is -0.461 e. The highest BCUT2D eigenvalue weighted by Gasteiger charge is 2.32. The molecule has 5 rings (SSSR count). The molecule has 0 saturated carbocycles. The van der Waals surface area contributed by atoms with Gasteiger partial charge in [0.05, 0.1) is 13.2 Å². The smallest absolute Gasteiger partial charge is 0.359 e. The Morgan fingerprint density at radius 3 is 2.72 bits per heavy atom. The summed E-state index contributed by atoms with van der Waals surface area (Å²) in [5, 5.41) is 4.62. The summed E-state index contributed by atoms with van der Waals surface area (Å²) in [6.45, 7) is 3.39. The molecular weight excluding hydrogens is 456 g/mol.